The lowest BCUT2D eigenvalue weighted by Gasteiger charge is -2.06. The van der Waals surface area contributed by atoms with Crippen molar-refractivity contribution in [2.24, 2.45) is 10.2 Å². The number of hydrogen-bond donors (Lipinski definition) is 1. The van der Waals surface area contributed by atoms with Crippen LogP contribution in [0.4, 0.5) is 11.5 Å². The largest absolute Gasteiger partial charge is 0.493 e. The van der Waals surface area contributed by atoms with Crippen molar-refractivity contribution in [3.05, 3.63) is 90.6 Å². The summed E-state index contributed by atoms with van der Waals surface area (Å²) in [5, 5.41) is 30.4. The summed E-state index contributed by atoms with van der Waals surface area (Å²) in [5.74, 6) is 0.495. The predicted octanol–water partition coefficient (Wildman–Crippen LogP) is 5.75. The summed E-state index contributed by atoms with van der Waals surface area (Å²) in [6, 6.07) is 25.5. The third-order valence-electron chi connectivity index (χ3n) is 4.90. The highest BCUT2D eigenvalue weighted by Crippen LogP contribution is 2.40. The van der Waals surface area contributed by atoms with Crippen LogP contribution >= 0.6 is 0 Å². The van der Waals surface area contributed by atoms with E-state index in [1.165, 1.54) is 0 Å². The molecule has 0 radical (unpaired) electrons. The Morgan fingerprint density at radius 2 is 1.52 bits per heavy atom. The van der Waals surface area contributed by atoms with E-state index in [4.69, 9.17) is 0 Å². The summed E-state index contributed by atoms with van der Waals surface area (Å²) >= 11 is 0. The second-order valence-electron chi connectivity index (χ2n) is 6.72. The highest BCUT2D eigenvalue weighted by atomic mass is 16.3. The van der Waals surface area contributed by atoms with E-state index in [0.717, 1.165) is 27.2 Å². The van der Waals surface area contributed by atoms with Crippen LogP contribution in [0.15, 0.2) is 95.3 Å². The third kappa shape index (κ3) is 3.10. The quantitative estimate of drug-likeness (QED) is 0.404. The van der Waals surface area contributed by atoms with Crippen LogP contribution < -0.4 is 0 Å². The minimum absolute atomic E-state index is 0.0759. The van der Waals surface area contributed by atoms with E-state index in [2.05, 4.69) is 20.4 Å². The minimum Gasteiger partial charge on any atom is -0.493 e. The molecular formula is C23H17N5O. The lowest BCUT2D eigenvalue weighted by Crippen LogP contribution is -1.98. The molecule has 0 spiro atoms. The molecule has 0 unspecified atom stereocenters. The van der Waals surface area contributed by atoms with Crippen LogP contribution in [0.1, 0.15) is 5.56 Å². The van der Waals surface area contributed by atoms with E-state index < -0.39 is 0 Å². The SMILES string of the molecule is Oc1c(N=Nc2nncc3ccccc23)c2ccccc2n1Cc1ccccc1. The minimum atomic E-state index is 0.0759. The normalized spacial score (nSPS) is 11.6. The van der Waals surface area contributed by atoms with Gasteiger partial charge in [-0.25, -0.2) is 0 Å². The predicted molar refractivity (Wildman–Crippen MR) is 113 cm³/mol. The Kier molecular flexibility index (Phi) is 4.22. The van der Waals surface area contributed by atoms with E-state index in [1.807, 2.05) is 83.4 Å². The maximum Gasteiger partial charge on any atom is 0.221 e. The molecule has 0 atom stereocenters. The van der Waals surface area contributed by atoms with Crippen molar-refractivity contribution in [2.75, 3.05) is 0 Å². The van der Waals surface area contributed by atoms with Gasteiger partial charge in [0.1, 0.15) is 0 Å². The van der Waals surface area contributed by atoms with E-state index >= 15 is 0 Å². The summed E-state index contributed by atoms with van der Waals surface area (Å²) in [7, 11) is 0. The van der Waals surface area contributed by atoms with Crippen LogP contribution in [0.5, 0.6) is 5.88 Å². The Morgan fingerprint density at radius 3 is 2.38 bits per heavy atom. The molecule has 0 amide bonds. The van der Waals surface area contributed by atoms with Gasteiger partial charge in [-0.3, -0.25) is 0 Å². The highest BCUT2D eigenvalue weighted by molar-refractivity contribution is 5.95. The van der Waals surface area contributed by atoms with Gasteiger partial charge in [-0.05, 0) is 11.6 Å². The summed E-state index contributed by atoms with van der Waals surface area (Å²) in [4.78, 5) is 0. The van der Waals surface area contributed by atoms with Gasteiger partial charge in [0, 0.05) is 16.2 Å². The van der Waals surface area contributed by atoms with Crippen molar-refractivity contribution in [3.8, 4) is 5.88 Å². The molecule has 6 nitrogen and oxygen atoms in total. The highest BCUT2D eigenvalue weighted by Gasteiger charge is 2.16. The molecular weight excluding hydrogens is 362 g/mol. The molecule has 0 bridgehead atoms. The first-order valence-corrected chi connectivity index (χ1v) is 9.27. The molecule has 2 aromatic heterocycles. The van der Waals surface area contributed by atoms with Gasteiger partial charge in [0.25, 0.3) is 0 Å². The van der Waals surface area contributed by atoms with Crippen LogP contribution in [0.3, 0.4) is 0 Å². The zero-order chi connectivity index (χ0) is 19.6. The average molecular weight is 379 g/mol. The maximum absolute atomic E-state index is 10.9. The number of rotatable bonds is 4. The molecule has 1 N–H and O–H groups in total. The zero-order valence-corrected chi connectivity index (χ0v) is 15.5. The summed E-state index contributed by atoms with van der Waals surface area (Å²) in [6.07, 6.45) is 1.69. The van der Waals surface area contributed by atoms with Crippen LogP contribution in [-0.2, 0) is 6.54 Å². The number of azo groups is 1. The number of para-hydroxylation sites is 1. The molecule has 0 aliphatic carbocycles. The van der Waals surface area contributed by atoms with Crippen LogP contribution in [0.2, 0.25) is 0 Å². The van der Waals surface area contributed by atoms with Crippen molar-refractivity contribution in [3.63, 3.8) is 0 Å². The van der Waals surface area contributed by atoms with E-state index in [1.54, 1.807) is 6.20 Å². The fourth-order valence-corrected chi connectivity index (χ4v) is 3.48. The van der Waals surface area contributed by atoms with E-state index in [0.29, 0.717) is 18.1 Å². The van der Waals surface area contributed by atoms with Crippen molar-refractivity contribution in [2.45, 2.75) is 6.54 Å². The van der Waals surface area contributed by atoms with Gasteiger partial charge >= 0.3 is 0 Å². The molecule has 0 aliphatic heterocycles. The Labute approximate surface area is 166 Å². The van der Waals surface area contributed by atoms with Gasteiger partial charge < -0.3 is 9.67 Å². The summed E-state index contributed by atoms with van der Waals surface area (Å²) < 4.78 is 1.84. The van der Waals surface area contributed by atoms with Crippen molar-refractivity contribution >= 4 is 33.2 Å². The summed E-state index contributed by atoms with van der Waals surface area (Å²) in [6.45, 7) is 0.538. The first-order chi connectivity index (χ1) is 14.3. The fourth-order valence-electron chi connectivity index (χ4n) is 3.48. The van der Waals surface area contributed by atoms with Crippen molar-refractivity contribution < 1.29 is 5.11 Å². The molecule has 29 heavy (non-hydrogen) atoms. The molecule has 140 valence electrons. The lowest BCUT2D eigenvalue weighted by molar-refractivity contribution is 0.429. The standard InChI is InChI=1S/C23H17N5O/c29-23-21(25-27-22-18-11-5-4-10-17(18)14-24-26-22)19-12-6-7-13-20(19)28(23)15-16-8-2-1-3-9-16/h1-14,29H,15H2. The number of benzene rings is 3. The number of fused-ring (bicyclic) bond motifs is 2. The molecule has 0 saturated carbocycles. The molecule has 5 aromatic rings. The molecule has 0 fully saturated rings. The van der Waals surface area contributed by atoms with Gasteiger partial charge in [0.15, 0.2) is 5.69 Å². The smallest absolute Gasteiger partial charge is 0.221 e. The number of aromatic nitrogens is 3. The Balaban J connectivity index is 1.62. The first-order valence-electron chi connectivity index (χ1n) is 9.27. The van der Waals surface area contributed by atoms with E-state index in [9.17, 15) is 5.11 Å². The third-order valence-corrected chi connectivity index (χ3v) is 4.90. The number of nitrogens with zero attached hydrogens (tertiary/aromatic N) is 5. The van der Waals surface area contributed by atoms with Gasteiger partial charge in [-0.15, -0.1) is 15.3 Å². The van der Waals surface area contributed by atoms with Gasteiger partial charge in [0.05, 0.1) is 18.3 Å². The lowest BCUT2D eigenvalue weighted by atomic mass is 10.2. The maximum atomic E-state index is 10.9. The second kappa shape index (κ2) is 7.16. The first kappa shape index (κ1) is 17.1. The fraction of sp³-hybridized carbons (Fsp3) is 0.0435. The van der Waals surface area contributed by atoms with Crippen LogP contribution in [0, 0.1) is 0 Å². The van der Waals surface area contributed by atoms with Crippen LogP contribution in [-0.4, -0.2) is 19.9 Å². The monoisotopic (exact) mass is 379 g/mol. The van der Waals surface area contributed by atoms with Crippen LogP contribution in [0.25, 0.3) is 21.7 Å². The van der Waals surface area contributed by atoms with Crippen molar-refractivity contribution in [1.29, 1.82) is 0 Å². The zero-order valence-electron chi connectivity index (χ0n) is 15.5. The molecule has 3 aromatic carbocycles. The molecule has 5 rings (SSSR count). The summed E-state index contributed by atoms with van der Waals surface area (Å²) in [5.41, 5.74) is 2.41. The van der Waals surface area contributed by atoms with Gasteiger partial charge in [-0.2, -0.15) is 5.10 Å². The molecule has 0 saturated heterocycles. The van der Waals surface area contributed by atoms with E-state index in [-0.39, 0.29) is 5.88 Å². The molecule has 2 heterocycles. The average Bonchev–Trinajstić information content (AvgIpc) is 3.04. The molecule has 6 heteroatoms. The van der Waals surface area contributed by atoms with Crippen molar-refractivity contribution in [1.82, 2.24) is 14.8 Å². The Bertz CT molecular complexity index is 1340. The van der Waals surface area contributed by atoms with Gasteiger partial charge in [-0.1, -0.05) is 72.8 Å². The number of aromatic hydroxyl groups is 1. The number of hydrogen-bond acceptors (Lipinski definition) is 5. The Hall–Kier alpha value is -4.06. The Morgan fingerprint density at radius 1 is 0.793 bits per heavy atom. The topological polar surface area (TPSA) is 75.7 Å². The molecule has 0 aliphatic rings. The second-order valence-corrected chi connectivity index (χ2v) is 6.72. The van der Waals surface area contributed by atoms with Gasteiger partial charge in [0.2, 0.25) is 11.7 Å².